The molecule has 0 radical (unpaired) electrons. The number of anilines is 1. The van der Waals surface area contributed by atoms with Gasteiger partial charge in [0.15, 0.2) is 0 Å². The summed E-state index contributed by atoms with van der Waals surface area (Å²) in [7, 11) is 0. The van der Waals surface area contributed by atoms with Crippen LogP contribution < -0.4 is 10.6 Å². The lowest BCUT2D eigenvalue weighted by molar-refractivity contribution is 0.751. The molecule has 0 aromatic carbocycles. The molecule has 0 amide bonds. The van der Waals surface area contributed by atoms with Crippen LogP contribution in [-0.4, -0.2) is 24.1 Å². The van der Waals surface area contributed by atoms with Crippen LogP contribution in [0.1, 0.15) is 12.0 Å². The smallest absolute Gasteiger partial charge is 0.128 e. The second-order valence-electron chi connectivity index (χ2n) is 3.69. The van der Waals surface area contributed by atoms with E-state index in [9.17, 15) is 0 Å². The summed E-state index contributed by atoms with van der Waals surface area (Å²) >= 11 is 0. The maximum absolute atomic E-state index is 5.82. The highest BCUT2D eigenvalue weighted by Gasteiger charge is 2.19. The average Bonchev–Trinajstić information content (AvgIpc) is 2.53. The summed E-state index contributed by atoms with van der Waals surface area (Å²) in [5.74, 6) is 1.05. The van der Waals surface area contributed by atoms with E-state index in [4.69, 9.17) is 5.73 Å². The van der Waals surface area contributed by atoms with E-state index in [0.29, 0.717) is 6.04 Å². The predicted octanol–water partition coefficient (Wildman–Crippen LogP) is 0.927. The molecule has 1 saturated heterocycles. The zero-order valence-corrected chi connectivity index (χ0v) is 7.90. The van der Waals surface area contributed by atoms with Crippen LogP contribution in [0.3, 0.4) is 0 Å². The Hall–Kier alpha value is -1.09. The number of hydrogen-bond donors (Lipinski definition) is 1. The third-order valence-electron chi connectivity index (χ3n) is 2.44. The summed E-state index contributed by atoms with van der Waals surface area (Å²) in [5.41, 5.74) is 7.02. The maximum Gasteiger partial charge on any atom is 0.128 e. The Kier molecular flexibility index (Phi) is 2.19. The first kappa shape index (κ1) is 8.51. The normalized spacial score (nSPS) is 22.3. The molecule has 3 nitrogen and oxygen atoms in total. The Morgan fingerprint density at radius 3 is 2.92 bits per heavy atom. The number of rotatable bonds is 1. The van der Waals surface area contributed by atoms with Crippen LogP contribution in [0.4, 0.5) is 5.82 Å². The molecule has 2 heterocycles. The van der Waals surface area contributed by atoms with Gasteiger partial charge in [0.05, 0.1) is 0 Å². The van der Waals surface area contributed by atoms with E-state index < -0.39 is 0 Å². The predicted molar refractivity (Wildman–Crippen MR) is 53.8 cm³/mol. The first-order valence-corrected chi connectivity index (χ1v) is 4.69. The molecule has 13 heavy (non-hydrogen) atoms. The molecule has 70 valence electrons. The second-order valence-corrected chi connectivity index (χ2v) is 3.69. The minimum Gasteiger partial charge on any atom is -0.355 e. The van der Waals surface area contributed by atoms with E-state index in [1.165, 1.54) is 5.56 Å². The van der Waals surface area contributed by atoms with Crippen molar-refractivity contribution in [3.05, 3.63) is 23.9 Å². The number of hydrogen-bond acceptors (Lipinski definition) is 3. The molecule has 1 atom stereocenters. The van der Waals surface area contributed by atoms with Crippen molar-refractivity contribution in [3.8, 4) is 0 Å². The van der Waals surface area contributed by atoms with E-state index in [1.807, 2.05) is 13.1 Å². The van der Waals surface area contributed by atoms with Gasteiger partial charge in [-0.2, -0.15) is 0 Å². The quantitative estimate of drug-likeness (QED) is 0.693. The molecule has 0 spiro atoms. The van der Waals surface area contributed by atoms with Crippen molar-refractivity contribution in [2.75, 3.05) is 18.0 Å². The van der Waals surface area contributed by atoms with Crippen LogP contribution in [-0.2, 0) is 0 Å². The molecule has 1 aliphatic heterocycles. The fourth-order valence-corrected chi connectivity index (χ4v) is 1.64. The molecule has 3 heteroatoms. The van der Waals surface area contributed by atoms with Crippen LogP contribution in [0.5, 0.6) is 0 Å². The molecule has 0 saturated carbocycles. The van der Waals surface area contributed by atoms with Crippen molar-refractivity contribution in [2.45, 2.75) is 19.4 Å². The molecular weight excluding hydrogens is 162 g/mol. The first-order chi connectivity index (χ1) is 6.25. The molecule has 1 aromatic rings. The van der Waals surface area contributed by atoms with E-state index in [-0.39, 0.29) is 0 Å². The van der Waals surface area contributed by atoms with Crippen molar-refractivity contribution in [1.29, 1.82) is 0 Å². The summed E-state index contributed by atoms with van der Waals surface area (Å²) in [6.07, 6.45) is 2.98. The van der Waals surface area contributed by atoms with Crippen molar-refractivity contribution in [2.24, 2.45) is 5.73 Å². The van der Waals surface area contributed by atoms with Crippen LogP contribution >= 0.6 is 0 Å². The van der Waals surface area contributed by atoms with Gasteiger partial charge >= 0.3 is 0 Å². The SMILES string of the molecule is Cc1ccc(N2CCC(N)C2)nc1. The molecule has 0 aliphatic carbocycles. The number of nitrogens with two attached hydrogens (primary N) is 1. The molecular formula is C10H15N3. The van der Waals surface area contributed by atoms with Gasteiger partial charge in [0.1, 0.15) is 5.82 Å². The second kappa shape index (κ2) is 3.34. The molecule has 1 unspecified atom stereocenters. The van der Waals surface area contributed by atoms with Crippen molar-refractivity contribution >= 4 is 5.82 Å². The number of aromatic nitrogens is 1. The van der Waals surface area contributed by atoms with Gasteiger partial charge < -0.3 is 10.6 Å². The first-order valence-electron chi connectivity index (χ1n) is 4.69. The Bertz CT molecular complexity index is 281. The van der Waals surface area contributed by atoms with Gasteiger partial charge in [0.2, 0.25) is 0 Å². The minimum atomic E-state index is 0.322. The molecule has 2 rings (SSSR count). The zero-order valence-electron chi connectivity index (χ0n) is 7.90. The highest BCUT2D eigenvalue weighted by Crippen LogP contribution is 2.16. The summed E-state index contributed by atoms with van der Waals surface area (Å²) in [4.78, 5) is 6.61. The topological polar surface area (TPSA) is 42.1 Å². The molecule has 2 N–H and O–H groups in total. The monoisotopic (exact) mass is 177 g/mol. The van der Waals surface area contributed by atoms with Gasteiger partial charge in [-0.15, -0.1) is 0 Å². The fraction of sp³-hybridized carbons (Fsp3) is 0.500. The molecule has 0 bridgehead atoms. The fourth-order valence-electron chi connectivity index (χ4n) is 1.64. The van der Waals surface area contributed by atoms with Gasteiger partial charge in [-0.05, 0) is 25.0 Å². The Morgan fingerprint density at radius 2 is 2.38 bits per heavy atom. The maximum atomic E-state index is 5.82. The summed E-state index contributed by atoms with van der Waals surface area (Å²) in [5, 5.41) is 0. The number of pyridine rings is 1. The van der Waals surface area contributed by atoms with E-state index in [0.717, 1.165) is 25.3 Å². The van der Waals surface area contributed by atoms with Crippen LogP contribution in [0.25, 0.3) is 0 Å². The van der Waals surface area contributed by atoms with Crippen LogP contribution in [0.2, 0.25) is 0 Å². The molecule has 1 aliphatic rings. The van der Waals surface area contributed by atoms with Gasteiger partial charge in [-0.3, -0.25) is 0 Å². The van der Waals surface area contributed by atoms with Crippen molar-refractivity contribution < 1.29 is 0 Å². The number of aryl methyl sites for hydroxylation is 1. The standard InChI is InChI=1S/C10H15N3/c1-8-2-3-10(12-6-8)13-5-4-9(11)7-13/h2-3,6,9H,4-5,7,11H2,1H3. The average molecular weight is 177 g/mol. The van der Waals surface area contributed by atoms with E-state index >= 15 is 0 Å². The lowest BCUT2D eigenvalue weighted by Crippen LogP contribution is -2.26. The molecule has 1 fully saturated rings. The lowest BCUT2D eigenvalue weighted by Gasteiger charge is -2.16. The largest absolute Gasteiger partial charge is 0.355 e. The lowest BCUT2D eigenvalue weighted by atomic mass is 10.3. The zero-order chi connectivity index (χ0) is 9.26. The highest BCUT2D eigenvalue weighted by atomic mass is 15.2. The van der Waals surface area contributed by atoms with Crippen LogP contribution in [0.15, 0.2) is 18.3 Å². The summed E-state index contributed by atoms with van der Waals surface area (Å²) in [6.45, 7) is 4.03. The van der Waals surface area contributed by atoms with Gasteiger partial charge in [-0.25, -0.2) is 4.98 Å². The van der Waals surface area contributed by atoms with Crippen molar-refractivity contribution in [3.63, 3.8) is 0 Å². The van der Waals surface area contributed by atoms with Gasteiger partial charge in [-0.1, -0.05) is 6.07 Å². The third-order valence-corrected chi connectivity index (χ3v) is 2.44. The van der Waals surface area contributed by atoms with Crippen LogP contribution in [0, 0.1) is 6.92 Å². The Morgan fingerprint density at radius 1 is 1.54 bits per heavy atom. The minimum absolute atomic E-state index is 0.322. The van der Waals surface area contributed by atoms with E-state index in [1.54, 1.807) is 0 Å². The van der Waals surface area contributed by atoms with Crippen molar-refractivity contribution in [1.82, 2.24) is 4.98 Å². The summed E-state index contributed by atoms with van der Waals surface area (Å²) < 4.78 is 0. The Balaban J connectivity index is 2.13. The number of nitrogens with zero attached hydrogens (tertiary/aromatic N) is 2. The summed E-state index contributed by atoms with van der Waals surface area (Å²) in [6, 6.07) is 4.47. The van der Waals surface area contributed by atoms with Gasteiger partial charge in [0.25, 0.3) is 0 Å². The third kappa shape index (κ3) is 1.80. The van der Waals surface area contributed by atoms with E-state index in [2.05, 4.69) is 22.0 Å². The van der Waals surface area contributed by atoms with Gasteiger partial charge in [0, 0.05) is 25.3 Å². The Labute approximate surface area is 78.6 Å². The highest BCUT2D eigenvalue weighted by molar-refractivity contribution is 5.40. The molecule has 1 aromatic heterocycles.